The minimum Gasteiger partial charge on any atom is -0.369 e. The first kappa shape index (κ1) is 25.7. The van der Waals surface area contributed by atoms with Crippen molar-refractivity contribution in [3.63, 3.8) is 0 Å². The maximum atomic E-state index is 13.0. The third-order valence-corrected chi connectivity index (χ3v) is 6.84. The van der Waals surface area contributed by atoms with Crippen molar-refractivity contribution in [1.29, 1.82) is 0 Å². The first-order chi connectivity index (χ1) is 17.5. The van der Waals surface area contributed by atoms with Crippen molar-refractivity contribution in [2.75, 3.05) is 44.2 Å². The quantitative estimate of drug-likeness (QED) is 0.441. The molecule has 0 bridgehead atoms. The summed E-state index contributed by atoms with van der Waals surface area (Å²) in [5.41, 5.74) is 2.90. The largest absolute Gasteiger partial charge is 0.369 e. The van der Waals surface area contributed by atoms with E-state index >= 15 is 0 Å². The Morgan fingerprint density at radius 2 is 1.64 bits per heavy atom. The lowest BCUT2D eigenvalue weighted by atomic mass is 9.97. The molecule has 1 aliphatic heterocycles. The molecule has 3 aromatic rings. The van der Waals surface area contributed by atoms with Crippen LogP contribution in [0.25, 0.3) is 5.69 Å². The van der Waals surface area contributed by atoms with Gasteiger partial charge in [0.15, 0.2) is 0 Å². The van der Waals surface area contributed by atoms with Crippen molar-refractivity contribution in [2.45, 2.75) is 45.6 Å². The number of nitrogens with zero attached hydrogens (tertiary/aromatic N) is 5. The fourth-order valence-corrected chi connectivity index (χ4v) is 4.66. The van der Waals surface area contributed by atoms with E-state index in [4.69, 9.17) is 0 Å². The SMILES string of the molecule is CCCCNC(=O)C(CN1CCN(c2ccc(-n3cnn(C(C)C)c3=O)cc2)CC1)c1ccccc1. The first-order valence-electron chi connectivity index (χ1n) is 13.0. The zero-order valence-electron chi connectivity index (χ0n) is 21.6. The van der Waals surface area contributed by atoms with Crippen LogP contribution >= 0.6 is 0 Å². The zero-order valence-corrected chi connectivity index (χ0v) is 21.6. The van der Waals surface area contributed by atoms with Gasteiger partial charge in [-0.25, -0.2) is 14.0 Å². The van der Waals surface area contributed by atoms with Crippen LogP contribution in [0.1, 0.15) is 51.1 Å². The van der Waals surface area contributed by atoms with E-state index in [1.54, 1.807) is 10.9 Å². The van der Waals surface area contributed by atoms with E-state index in [0.29, 0.717) is 0 Å². The minimum absolute atomic E-state index is 0.0261. The van der Waals surface area contributed by atoms with Gasteiger partial charge in [0.1, 0.15) is 6.33 Å². The molecule has 1 unspecified atom stereocenters. The summed E-state index contributed by atoms with van der Waals surface area (Å²) < 4.78 is 3.07. The molecular weight excluding hydrogens is 452 g/mol. The molecule has 0 aliphatic carbocycles. The predicted molar refractivity (Wildman–Crippen MR) is 144 cm³/mol. The third-order valence-electron chi connectivity index (χ3n) is 6.84. The summed E-state index contributed by atoms with van der Waals surface area (Å²) >= 11 is 0. The smallest absolute Gasteiger partial charge is 0.350 e. The number of amides is 1. The molecule has 1 amide bonds. The van der Waals surface area contributed by atoms with Gasteiger partial charge in [-0.05, 0) is 50.1 Å². The number of benzene rings is 2. The number of nitrogens with one attached hydrogen (secondary N) is 1. The molecule has 1 atom stereocenters. The van der Waals surface area contributed by atoms with E-state index < -0.39 is 0 Å². The molecule has 36 heavy (non-hydrogen) atoms. The molecule has 0 spiro atoms. The number of aromatic nitrogens is 3. The van der Waals surface area contributed by atoms with E-state index in [0.717, 1.165) is 69.0 Å². The van der Waals surface area contributed by atoms with E-state index in [9.17, 15) is 9.59 Å². The summed E-state index contributed by atoms with van der Waals surface area (Å²) in [4.78, 5) is 30.3. The number of piperazine rings is 1. The van der Waals surface area contributed by atoms with Gasteiger partial charge in [0, 0.05) is 45.0 Å². The van der Waals surface area contributed by atoms with Crippen LogP contribution in [0.3, 0.4) is 0 Å². The summed E-state index contributed by atoms with van der Waals surface area (Å²) in [7, 11) is 0. The Kier molecular flexibility index (Phi) is 8.59. The number of hydrogen-bond acceptors (Lipinski definition) is 5. The Labute approximate surface area is 213 Å². The Morgan fingerprint density at radius 1 is 0.972 bits per heavy atom. The van der Waals surface area contributed by atoms with Gasteiger partial charge in [-0.1, -0.05) is 43.7 Å². The average molecular weight is 491 g/mol. The second-order valence-corrected chi connectivity index (χ2v) is 9.73. The molecule has 1 aliphatic rings. The maximum absolute atomic E-state index is 13.0. The van der Waals surface area contributed by atoms with Crippen LogP contribution in [0, 0.1) is 0 Å². The zero-order chi connectivity index (χ0) is 25.5. The standard InChI is InChI=1S/C28H38N6O2/c1-4-5-15-29-27(35)26(23-9-7-6-8-10-23)20-31-16-18-32(19-17-31)24-11-13-25(14-12-24)33-21-30-34(22(2)3)28(33)36/h6-14,21-22,26H,4-5,15-20H2,1-3H3,(H,29,35). The molecule has 1 fully saturated rings. The van der Waals surface area contributed by atoms with Crippen molar-refractivity contribution in [2.24, 2.45) is 0 Å². The Morgan fingerprint density at radius 3 is 2.25 bits per heavy atom. The number of hydrogen-bond donors (Lipinski definition) is 1. The molecule has 0 saturated carbocycles. The molecule has 0 radical (unpaired) electrons. The van der Waals surface area contributed by atoms with Crippen molar-refractivity contribution in [3.05, 3.63) is 77.0 Å². The van der Waals surface area contributed by atoms with Crippen LogP contribution in [0.2, 0.25) is 0 Å². The molecule has 4 rings (SSSR count). The lowest BCUT2D eigenvalue weighted by molar-refractivity contribution is -0.123. The number of carbonyl (C=O) groups excluding carboxylic acids is 1. The van der Waals surface area contributed by atoms with Crippen molar-refractivity contribution in [1.82, 2.24) is 24.6 Å². The predicted octanol–water partition coefficient (Wildman–Crippen LogP) is 3.44. The second kappa shape index (κ2) is 12.0. The monoisotopic (exact) mass is 490 g/mol. The Balaban J connectivity index is 1.37. The molecule has 192 valence electrons. The summed E-state index contributed by atoms with van der Waals surface area (Å²) in [6.45, 7) is 11.1. The lowest BCUT2D eigenvalue weighted by Crippen LogP contribution is -2.49. The molecule has 8 nitrogen and oxygen atoms in total. The fraction of sp³-hybridized carbons (Fsp3) is 0.464. The van der Waals surface area contributed by atoms with E-state index in [1.807, 2.05) is 44.2 Å². The van der Waals surface area contributed by atoms with Gasteiger partial charge in [-0.2, -0.15) is 5.10 Å². The highest BCUT2D eigenvalue weighted by Gasteiger charge is 2.26. The number of rotatable bonds is 10. The number of carbonyl (C=O) groups is 1. The van der Waals surface area contributed by atoms with Crippen LogP contribution in [0.15, 0.2) is 65.7 Å². The molecule has 1 saturated heterocycles. The topological polar surface area (TPSA) is 75.4 Å². The molecular formula is C28H38N6O2. The molecule has 8 heteroatoms. The fourth-order valence-electron chi connectivity index (χ4n) is 4.66. The van der Waals surface area contributed by atoms with E-state index in [2.05, 4.69) is 51.4 Å². The second-order valence-electron chi connectivity index (χ2n) is 9.73. The van der Waals surface area contributed by atoms with Gasteiger partial charge in [-0.15, -0.1) is 0 Å². The average Bonchev–Trinajstić information content (AvgIpc) is 3.30. The minimum atomic E-state index is -0.168. The van der Waals surface area contributed by atoms with Gasteiger partial charge < -0.3 is 10.2 Å². The van der Waals surface area contributed by atoms with E-state index in [-0.39, 0.29) is 23.6 Å². The highest BCUT2D eigenvalue weighted by Crippen LogP contribution is 2.22. The van der Waals surface area contributed by atoms with E-state index in [1.165, 1.54) is 4.68 Å². The highest BCUT2D eigenvalue weighted by atomic mass is 16.2. The lowest BCUT2D eigenvalue weighted by Gasteiger charge is -2.37. The maximum Gasteiger partial charge on any atom is 0.350 e. The van der Waals surface area contributed by atoms with Crippen LogP contribution < -0.4 is 15.9 Å². The summed E-state index contributed by atoms with van der Waals surface area (Å²) in [5.74, 6) is -0.0531. The summed E-state index contributed by atoms with van der Waals surface area (Å²) in [5, 5.41) is 7.34. The third kappa shape index (κ3) is 6.05. The van der Waals surface area contributed by atoms with Crippen LogP contribution in [-0.2, 0) is 4.79 Å². The summed E-state index contributed by atoms with van der Waals surface area (Å²) in [6, 6.07) is 18.2. The number of anilines is 1. The highest BCUT2D eigenvalue weighted by molar-refractivity contribution is 5.83. The van der Waals surface area contributed by atoms with Gasteiger partial charge in [0.2, 0.25) is 5.91 Å². The van der Waals surface area contributed by atoms with Gasteiger partial charge in [-0.3, -0.25) is 9.69 Å². The Hall–Kier alpha value is -3.39. The van der Waals surface area contributed by atoms with Crippen molar-refractivity contribution < 1.29 is 4.79 Å². The normalized spacial score (nSPS) is 15.3. The summed E-state index contributed by atoms with van der Waals surface area (Å²) in [6.07, 6.45) is 3.65. The number of unbranched alkanes of at least 4 members (excludes halogenated alkanes) is 1. The van der Waals surface area contributed by atoms with Gasteiger partial charge >= 0.3 is 5.69 Å². The molecule has 2 aromatic carbocycles. The van der Waals surface area contributed by atoms with Crippen molar-refractivity contribution in [3.8, 4) is 5.69 Å². The Bertz CT molecular complexity index is 1160. The molecule has 1 N–H and O–H groups in total. The van der Waals surface area contributed by atoms with Gasteiger partial charge in [0.25, 0.3) is 0 Å². The molecule has 1 aromatic heterocycles. The van der Waals surface area contributed by atoms with Crippen LogP contribution in [-0.4, -0.2) is 64.4 Å². The van der Waals surface area contributed by atoms with Crippen LogP contribution in [0.5, 0.6) is 0 Å². The molecule has 2 heterocycles. The first-order valence-corrected chi connectivity index (χ1v) is 13.0. The van der Waals surface area contributed by atoms with Crippen LogP contribution in [0.4, 0.5) is 5.69 Å². The van der Waals surface area contributed by atoms with Gasteiger partial charge in [0.05, 0.1) is 17.6 Å². The van der Waals surface area contributed by atoms with Crippen molar-refractivity contribution >= 4 is 11.6 Å².